The van der Waals surface area contributed by atoms with Crippen LogP contribution in [-0.4, -0.2) is 40.4 Å². The van der Waals surface area contributed by atoms with Crippen LogP contribution in [0.25, 0.3) is 5.70 Å². The highest BCUT2D eigenvalue weighted by molar-refractivity contribution is 6.06. The summed E-state index contributed by atoms with van der Waals surface area (Å²) in [5.74, 6) is -0.470. The zero-order valence-corrected chi connectivity index (χ0v) is 20.8. The summed E-state index contributed by atoms with van der Waals surface area (Å²) >= 11 is 0. The molecule has 8 nitrogen and oxygen atoms in total. The lowest BCUT2D eigenvalue weighted by atomic mass is 9.85. The number of hydrogen-bond acceptors (Lipinski definition) is 7. The second-order valence-corrected chi connectivity index (χ2v) is 10.2. The number of rotatable bonds is 5. The van der Waals surface area contributed by atoms with E-state index in [2.05, 4.69) is 15.3 Å². The standard InChI is InChI=1S/C27H28F3N7O/c1-37-13-12-34-23(31)22(37)21(35-16-25-7-9-26(32,15-25)10-8-25)17-2-4-18(5-3-17)24(38)36-20-14-19(6-11-33-20)27(28,29)30/h2-6,11-14,16H,7-10,15,32H2,1H3,(H2,31,34)(H,33,36,38)/b22-21-,35-16?. The Morgan fingerprint density at radius 3 is 2.42 bits per heavy atom. The molecule has 0 radical (unpaired) electrons. The van der Waals surface area contributed by atoms with Crippen molar-refractivity contribution in [2.45, 2.75) is 43.8 Å². The van der Waals surface area contributed by atoms with Crippen molar-refractivity contribution in [1.29, 1.82) is 0 Å². The first-order chi connectivity index (χ1) is 18.0. The predicted octanol–water partition coefficient (Wildman–Crippen LogP) is 4.53. The maximum absolute atomic E-state index is 13.0. The van der Waals surface area contributed by atoms with Crippen molar-refractivity contribution in [3.05, 3.63) is 77.4 Å². The fourth-order valence-electron chi connectivity index (χ4n) is 5.41. The van der Waals surface area contributed by atoms with Crippen molar-refractivity contribution >= 4 is 29.5 Å². The molecule has 5 N–H and O–H groups in total. The lowest BCUT2D eigenvalue weighted by molar-refractivity contribution is -0.137. The lowest BCUT2D eigenvalue weighted by Crippen LogP contribution is -2.33. The van der Waals surface area contributed by atoms with E-state index in [9.17, 15) is 18.0 Å². The molecule has 2 aromatic rings. The van der Waals surface area contributed by atoms with Crippen molar-refractivity contribution in [3.63, 3.8) is 0 Å². The molecule has 2 fully saturated rings. The van der Waals surface area contributed by atoms with Crippen molar-refractivity contribution in [2.75, 3.05) is 12.4 Å². The number of aliphatic imine (C=N–C) groups is 2. The Labute approximate surface area is 218 Å². The van der Waals surface area contributed by atoms with Gasteiger partial charge in [0.25, 0.3) is 5.91 Å². The maximum Gasteiger partial charge on any atom is 0.416 e. The van der Waals surface area contributed by atoms with Gasteiger partial charge in [-0.15, -0.1) is 0 Å². The summed E-state index contributed by atoms with van der Waals surface area (Å²) < 4.78 is 39.0. The van der Waals surface area contributed by atoms with Crippen LogP contribution in [0.3, 0.4) is 0 Å². The highest BCUT2D eigenvalue weighted by atomic mass is 19.4. The smallest absolute Gasteiger partial charge is 0.382 e. The van der Waals surface area contributed by atoms with E-state index < -0.39 is 17.6 Å². The third kappa shape index (κ3) is 5.06. The molecule has 198 valence electrons. The molecule has 1 aromatic carbocycles. The average molecular weight is 524 g/mol. The summed E-state index contributed by atoms with van der Waals surface area (Å²) in [7, 11) is 1.85. The number of hydrogen-bond donors (Lipinski definition) is 3. The van der Waals surface area contributed by atoms with Crippen LogP contribution in [0.4, 0.5) is 19.0 Å². The second-order valence-electron chi connectivity index (χ2n) is 10.2. The zero-order chi connectivity index (χ0) is 27.1. The van der Waals surface area contributed by atoms with Gasteiger partial charge in [-0.3, -0.25) is 9.79 Å². The number of carbonyl (C=O) groups excluding carboxylic acids is 1. The number of carbonyl (C=O) groups is 1. The number of anilines is 1. The Kier molecular flexibility index (Phi) is 6.34. The molecule has 0 spiro atoms. The average Bonchev–Trinajstić information content (AvgIpc) is 3.39. The van der Waals surface area contributed by atoms with E-state index in [0.29, 0.717) is 22.8 Å². The van der Waals surface area contributed by atoms with Gasteiger partial charge in [-0.2, -0.15) is 13.2 Å². The molecule has 2 saturated carbocycles. The number of amidine groups is 1. The molecule has 3 aliphatic rings. The molecule has 1 aromatic heterocycles. The van der Waals surface area contributed by atoms with Gasteiger partial charge >= 0.3 is 6.18 Å². The molecule has 1 aliphatic heterocycles. The first-order valence-corrected chi connectivity index (χ1v) is 12.2. The Morgan fingerprint density at radius 1 is 1.13 bits per heavy atom. The highest BCUT2D eigenvalue weighted by Gasteiger charge is 2.51. The Bertz CT molecular complexity index is 1370. The topological polar surface area (TPSA) is 122 Å². The van der Waals surface area contributed by atoms with Gasteiger partial charge in [0.1, 0.15) is 17.4 Å². The van der Waals surface area contributed by atoms with Crippen molar-refractivity contribution in [3.8, 4) is 0 Å². The van der Waals surface area contributed by atoms with Gasteiger partial charge in [-0.1, -0.05) is 12.1 Å². The minimum atomic E-state index is -4.54. The number of nitrogens with one attached hydrogen (secondary N) is 1. The van der Waals surface area contributed by atoms with E-state index in [1.165, 1.54) is 0 Å². The Morgan fingerprint density at radius 2 is 1.82 bits per heavy atom. The first-order valence-electron chi connectivity index (χ1n) is 12.2. The van der Waals surface area contributed by atoms with E-state index in [-0.39, 0.29) is 22.3 Å². The first kappa shape index (κ1) is 25.7. The molecule has 0 unspecified atom stereocenters. The molecular weight excluding hydrogens is 495 g/mol. The molecule has 1 amide bonds. The summed E-state index contributed by atoms with van der Waals surface area (Å²) in [5, 5.41) is 2.42. The molecule has 5 rings (SSSR count). The van der Waals surface area contributed by atoms with Crippen LogP contribution in [-0.2, 0) is 6.18 Å². The normalized spacial score (nSPS) is 26.1. The summed E-state index contributed by atoms with van der Waals surface area (Å²) in [5.41, 5.74) is 13.9. The molecule has 11 heteroatoms. The number of amides is 1. The van der Waals surface area contributed by atoms with Crippen LogP contribution < -0.4 is 16.8 Å². The van der Waals surface area contributed by atoms with E-state index in [1.54, 1.807) is 36.7 Å². The quantitative estimate of drug-likeness (QED) is 0.497. The van der Waals surface area contributed by atoms with Gasteiger partial charge in [0.15, 0.2) is 0 Å². The van der Waals surface area contributed by atoms with Crippen LogP contribution in [0.2, 0.25) is 0 Å². The number of fused-ring (bicyclic) bond motifs is 2. The minimum absolute atomic E-state index is 0.0483. The van der Waals surface area contributed by atoms with Crippen LogP contribution in [0.5, 0.6) is 0 Å². The molecule has 2 aliphatic carbocycles. The number of pyridine rings is 1. The third-order valence-corrected chi connectivity index (χ3v) is 7.49. The van der Waals surface area contributed by atoms with Crippen LogP contribution >= 0.6 is 0 Å². The van der Waals surface area contributed by atoms with E-state index in [0.717, 1.165) is 50.4 Å². The Balaban J connectivity index is 1.43. The fraction of sp³-hybridized carbons (Fsp3) is 0.333. The molecule has 0 atom stereocenters. The summed E-state index contributed by atoms with van der Waals surface area (Å²) in [6.45, 7) is 0. The highest BCUT2D eigenvalue weighted by Crippen LogP contribution is 2.54. The minimum Gasteiger partial charge on any atom is -0.382 e. The number of aromatic nitrogens is 1. The summed E-state index contributed by atoms with van der Waals surface area (Å²) in [6.07, 6.45) is 6.65. The van der Waals surface area contributed by atoms with Gasteiger partial charge < -0.3 is 21.7 Å². The van der Waals surface area contributed by atoms with E-state index in [1.807, 2.05) is 18.2 Å². The number of halogens is 3. The SMILES string of the molecule is CN1C=CN=C(N)/C1=C(/N=CC12CCC(N)(CC1)C2)c1ccc(C(=O)Nc2cc(C(F)(F)F)ccn2)cc1. The number of nitrogens with zero attached hydrogens (tertiary/aromatic N) is 4. The predicted molar refractivity (Wildman–Crippen MR) is 140 cm³/mol. The van der Waals surface area contributed by atoms with E-state index in [4.69, 9.17) is 16.5 Å². The van der Waals surface area contributed by atoms with E-state index >= 15 is 0 Å². The van der Waals surface area contributed by atoms with Gasteiger partial charge in [0.05, 0.1) is 11.3 Å². The number of benzene rings is 1. The van der Waals surface area contributed by atoms with Crippen LogP contribution in [0.15, 0.2) is 70.7 Å². The van der Waals surface area contributed by atoms with Gasteiger partial charge in [-0.25, -0.2) is 9.98 Å². The fourth-order valence-corrected chi connectivity index (χ4v) is 5.41. The van der Waals surface area contributed by atoms with Crippen molar-refractivity contribution in [1.82, 2.24) is 9.88 Å². The monoisotopic (exact) mass is 523 g/mol. The number of likely N-dealkylation sites (N-methyl/N-ethyl adjacent to an activating group) is 1. The van der Waals surface area contributed by atoms with Crippen molar-refractivity contribution < 1.29 is 18.0 Å². The number of alkyl halides is 3. The molecule has 0 saturated heterocycles. The van der Waals surface area contributed by atoms with Gasteiger partial charge in [-0.05, 0) is 56.4 Å². The van der Waals surface area contributed by atoms with Gasteiger partial charge in [0.2, 0.25) is 0 Å². The second kappa shape index (κ2) is 9.39. The largest absolute Gasteiger partial charge is 0.416 e. The summed E-state index contributed by atoms with van der Waals surface area (Å²) in [6, 6.07) is 8.24. The number of nitrogens with two attached hydrogens (primary N) is 2. The van der Waals surface area contributed by atoms with Gasteiger partial charge in [0, 0.05) is 53.9 Å². The maximum atomic E-state index is 13.0. The molecule has 2 bridgehead atoms. The third-order valence-electron chi connectivity index (χ3n) is 7.49. The zero-order valence-electron chi connectivity index (χ0n) is 20.8. The van der Waals surface area contributed by atoms with Crippen LogP contribution in [0.1, 0.15) is 53.6 Å². The summed E-state index contributed by atoms with van der Waals surface area (Å²) in [4.78, 5) is 27.5. The molecule has 2 heterocycles. The molecular formula is C27H28F3N7O. The van der Waals surface area contributed by atoms with Crippen molar-refractivity contribution in [2.24, 2.45) is 26.9 Å². The Hall–Kier alpha value is -3.99. The molecule has 38 heavy (non-hydrogen) atoms. The van der Waals surface area contributed by atoms with Crippen LogP contribution in [0, 0.1) is 5.41 Å². The lowest BCUT2D eigenvalue weighted by Gasteiger charge is -2.25.